The van der Waals surface area contributed by atoms with Gasteiger partial charge in [-0.3, -0.25) is 4.79 Å². The lowest BCUT2D eigenvalue weighted by Gasteiger charge is -2.29. The first kappa shape index (κ1) is 19.9. The van der Waals surface area contributed by atoms with Crippen LogP contribution in [0.5, 0.6) is 0 Å². The Morgan fingerprint density at radius 1 is 1.33 bits per heavy atom. The Hall–Kier alpha value is -1.88. The third-order valence-corrected chi connectivity index (χ3v) is 7.14. The van der Waals surface area contributed by atoms with Crippen LogP contribution in [0.25, 0.3) is 0 Å². The van der Waals surface area contributed by atoms with Crippen molar-refractivity contribution in [3.8, 4) is 0 Å². The van der Waals surface area contributed by atoms with Gasteiger partial charge in [0.2, 0.25) is 15.9 Å². The molecule has 1 aliphatic heterocycles. The molecular formula is C17H23N4O4S2+. The Morgan fingerprint density at radius 3 is 2.74 bits per heavy atom. The predicted molar refractivity (Wildman–Crippen MR) is 101 cm³/mol. The molecule has 1 saturated heterocycles. The number of pyridine rings is 1. The molecule has 0 saturated carbocycles. The minimum Gasteiger partial charge on any atom is -0.467 e. The minimum atomic E-state index is -3.51. The van der Waals surface area contributed by atoms with E-state index in [4.69, 9.17) is 4.42 Å². The van der Waals surface area contributed by atoms with Crippen LogP contribution in [0.15, 0.2) is 51.1 Å². The van der Waals surface area contributed by atoms with Crippen LogP contribution in [0.3, 0.4) is 0 Å². The lowest BCUT2D eigenvalue weighted by atomic mass is 10.4. The molecule has 0 bridgehead atoms. The zero-order chi connectivity index (χ0) is 19.3. The fraction of sp³-hybridized carbons (Fsp3) is 0.412. The van der Waals surface area contributed by atoms with Crippen LogP contribution in [0, 0.1) is 0 Å². The van der Waals surface area contributed by atoms with Gasteiger partial charge in [-0.1, -0.05) is 11.8 Å². The maximum Gasteiger partial charge on any atom is 0.245 e. The molecule has 2 N–H and O–H groups in total. The van der Waals surface area contributed by atoms with Gasteiger partial charge < -0.3 is 14.6 Å². The molecule has 3 rings (SSSR count). The number of nitrogens with zero attached hydrogens (tertiary/aromatic N) is 2. The number of nitrogens with one attached hydrogen (secondary N) is 2. The second-order valence-electron chi connectivity index (χ2n) is 6.34. The fourth-order valence-electron chi connectivity index (χ4n) is 2.65. The zero-order valence-corrected chi connectivity index (χ0v) is 16.7. The quantitative estimate of drug-likeness (QED) is 0.602. The Bertz CT molecular complexity index is 846. The van der Waals surface area contributed by atoms with Crippen molar-refractivity contribution in [2.75, 3.05) is 39.0 Å². The summed E-state index contributed by atoms with van der Waals surface area (Å²) in [6.45, 7) is 2.96. The molecule has 0 atom stereocenters. The van der Waals surface area contributed by atoms with Crippen LogP contribution in [-0.4, -0.2) is 62.6 Å². The van der Waals surface area contributed by atoms with Gasteiger partial charge in [-0.05, 0) is 24.3 Å². The first-order chi connectivity index (χ1) is 12.9. The first-order valence-electron chi connectivity index (χ1n) is 8.64. The number of rotatable bonds is 7. The maximum absolute atomic E-state index is 12.7. The molecule has 1 aliphatic rings. The van der Waals surface area contributed by atoms with Crippen molar-refractivity contribution in [2.45, 2.75) is 16.5 Å². The highest BCUT2D eigenvalue weighted by Crippen LogP contribution is 2.19. The molecule has 2 aromatic rings. The number of aromatic nitrogens is 1. The molecule has 1 amide bonds. The molecule has 3 heterocycles. The standard InChI is InChI=1S/C17H22N4O4S2/c1-20-6-8-21(9-7-20)27(23,24)15-4-5-17(19-12-15)26-13-16(22)18-11-14-3-2-10-25-14/h2-5,10,12H,6-9,11,13H2,1H3,(H,18,22)/p+1. The Kier molecular flexibility index (Phi) is 6.53. The van der Waals surface area contributed by atoms with Crippen molar-refractivity contribution < 1.29 is 22.5 Å². The minimum absolute atomic E-state index is 0.144. The molecular weight excluding hydrogens is 388 g/mol. The highest BCUT2D eigenvalue weighted by Gasteiger charge is 2.29. The second kappa shape index (κ2) is 8.87. The van der Waals surface area contributed by atoms with E-state index in [1.807, 2.05) is 0 Å². The zero-order valence-electron chi connectivity index (χ0n) is 15.1. The van der Waals surface area contributed by atoms with Crippen molar-refractivity contribution in [3.63, 3.8) is 0 Å². The van der Waals surface area contributed by atoms with E-state index in [0.717, 1.165) is 13.1 Å². The summed E-state index contributed by atoms with van der Waals surface area (Å²) in [7, 11) is -1.45. The van der Waals surface area contributed by atoms with E-state index in [0.29, 0.717) is 30.4 Å². The van der Waals surface area contributed by atoms with E-state index in [2.05, 4.69) is 17.3 Å². The van der Waals surface area contributed by atoms with Gasteiger partial charge in [-0.15, -0.1) is 0 Å². The van der Waals surface area contributed by atoms with Gasteiger partial charge in [-0.25, -0.2) is 13.4 Å². The summed E-state index contributed by atoms with van der Waals surface area (Å²) in [4.78, 5) is 17.6. The number of thioether (sulfide) groups is 1. The van der Waals surface area contributed by atoms with Crippen LogP contribution < -0.4 is 10.2 Å². The van der Waals surface area contributed by atoms with Crippen LogP contribution >= 0.6 is 11.8 Å². The first-order valence-corrected chi connectivity index (χ1v) is 11.1. The SMILES string of the molecule is C[NH+]1CCN(S(=O)(=O)c2ccc(SCC(=O)NCc3ccco3)nc2)CC1. The third kappa shape index (κ3) is 5.32. The smallest absolute Gasteiger partial charge is 0.245 e. The number of carbonyl (C=O) groups is 1. The van der Waals surface area contributed by atoms with Gasteiger partial charge in [0.15, 0.2) is 0 Å². The highest BCUT2D eigenvalue weighted by molar-refractivity contribution is 7.99. The fourth-order valence-corrected chi connectivity index (χ4v) is 4.71. The van der Waals surface area contributed by atoms with Crippen molar-refractivity contribution >= 4 is 27.7 Å². The number of piperazine rings is 1. The average molecular weight is 412 g/mol. The van der Waals surface area contributed by atoms with Crippen molar-refractivity contribution in [1.29, 1.82) is 0 Å². The summed E-state index contributed by atoms with van der Waals surface area (Å²) < 4.78 is 32.0. The highest BCUT2D eigenvalue weighted by atomic mass is 32.2. The van der Waals surface area contributed by atoms with Gasteiger partial charge in [0.1, 0.15) is 10.7 Å². The summed E-state index contributed by atoms with van der Waals surface area (Å²) in [6.07, 6.45) is 2.92. The summed E-state index contributed by atoms with van der Waals surface area (Å²) in [5.74, 6) is 0.738. The molecule has 0 aliphatic carbocycles. The number of amides is 1. The lowest BCUT2D eigenvalue weighted by molar-refractivity contribution is -0.883. The second-order valence-corrected chi connectivity index (χ2v) is 9.27. The average Bonchev–Trinajstić information content (AvgIpc) is 3.19. The van der Waals surface area contributed by atoms with E-state index in [-0.39, 0.29) is 16.6 Å². The predicted octanol–water partition coefficient (Wildman–Crippen LogP) is -0.398. The molecule has 146 valence electrons. The van der Waals surface area contributed by atoms with Crippen molar-refractivity contribution in [3.05, 3.63) is 42.5 Å². The Labute approximate surface area is 163 Å². The van der Waals surface area contributed by atoms with Crippen molar-refractivity contribution in [2.24, 2.45) is 0 Å². The van der Waals surface area contributed by atoms with Crippen LogP contribution in [0.4, 0.5) is 0 Å². The summed E-state index contributed by atoms with van der Waals surface area (Å²) in [6, 6.07) is 6.74. The van der Waals surface area contributed by atoms with Crippen LogP contribution in [-0.2, 0) is 21.4 Å². The number of furan rings is 1. The van der Waals surface area contributed by atoms with E-state index in [1.165, 1.54) is 27.2 Å². The number of likely N-dealkylation sites (N-methyl/N-ethyl adjacent to an activating group) is 1. The third-order valence-electron chi connectivity index (χ3n) is 4.31. The van der Waals surface area contributed by atoms with E-state index in [9.17, 15) is 13.2 Å². The number of hydrogen-bond donors (Lipinski definition) is 2. The van der Waals surface area contributed by atoms with E-state index in [1.54, 1.807) is 30.5 Å². The maximum atomic E-state index is 12.7. The molecule has 0 unspecified atom stereocenters. The largest absolute Gasteiger partial charge is 0.467 e. The summed E-state index contributed by atoms with van der Waals surface area (Å²) >= 11 is 1.26. The molecule has 0 spiro atoms. The van der Waals surface area contributed by atoms with E-state index < -0.39 is 10.0 Å². The number of sulfonamides is 1. The van der Waals surface area contributed by atoms with Gasteiger partial charge >= 0.3 is 0 Å². The van der Waals surface area contributed by atoms with Gasteiger partial charge in [0.05, 0.1) is 56.8 Å². The monoisotopic (exact) mass is 411 g/mol. The summed E-state index contributed by atoms with van der Waals surface area (Å²) in [5.41, 5.74) is 0. The molecule has 0 aromatic carbocycles. The van der Waals surface area contributed by atoms with Crippen molar-refractivity contribution in [1.82, 2.24) is 14.6 Å². The molecule has 27 heavy (non-hydrogen) atoms. The van der Waals surface area contributed by atoms with Crippen LogP contribution in [0.1, 0.15) is 5.76 Å². The van der Waals surface area contributed by atoms with Crippen LogP contribution in [0.2, 0.25) is 0 Å². The molecule has 1 fully saturated rings. The molecule has 8 nitrogen and oxygen atoms in total. The normalized spacial score (nSPS) is 16.3. The Balaban J connectivity index is 1.51. The Morgan fingerprint density at radius 2 is 2.11 bits per heavy atom. The van der Waals surface area contributed by atoms with Gasteiger partial charge in [-0.2, -0.15) is 4.31 Å². The molecule has 10 heteroatoms. The van der Waals surface area contributed by atoms with Gasteiger partial charge in [0.25, 0.3) is 0 Å². The van der Waals surface area contributed by atoms with Gasteiger partial charge in [0, 0.05) is 6.20 Å². The molecule has 0 radical (unpaired) electrons. The lowest BCUT2D eigenvalue weighted by Crippen LogP contribution is -3.12. The number of quaternary nitrogens is 1. The van der Waals surface area contributed by atoms with E-state index >= 15 is 0 Å². The topological polar surface area (TPSA) is 97.0 Å². The number of carbonyl (C=O) groups excluding carboxylic acids is 1. The number of hydrogen-bond acceptors (Lipinski definition) is 6. The summed E-state index contributed by atoms with van der Waals surface area (Å²) in [5, 5.41) is 3.35. The molecule has 2 aromatic heterocycles.